The van der Waals surface area contributed by atoms with E-state index in [-0.39, 0.29) is 12.2 Å². The number of halogens is 1. The highest BCUT2D eigenvalue weighted by atomic mass is 79.9. The minimum Gasteiger partial charge on any atom is -0.373 e. The molecule has 1 aliphatic rings. The first-order valence-electron chi connectivity index (χ1n) is 5.81. The Morgan fingerprint density at radius 3 is 2.44 bits per heavy atom. The Labute approximate surface area is 116 Å². The summed E-state index contributed by atoms with van der Waals surface area (Å²) in [5.74, 6) is 0. The highest BCUT2D eigenvalue weighted by molar-refractivity contribution is 9.10. The molecule has 0 unspecified atom stereocenters. The summed E-state index contributed by atoms with van der Waals surface area (Å²) in [5.41, 5.74) is 0. The molecule has 0 amide bonds. The van der Waals surface area contributed by atoms with Crippen molar-refractivity contribution in [3.63, 3.8) is 0 Å². The summed E-state index contributed by atoms with van der Waals surface area (Å²) in [6, 6.07) is 6.78. The summed E-state index contributed by atoms with van der Waals surface area (Å²) in [7, 11) is -3.43. The van der Waals surface area contributed by atoms with Gasteiger partial charge < -0.3 is 4.74 Å². The third kappa shape index (κ3) is 2.93. The van der Waals surface area contributed by atoms with E-state index in [9.17, 15) is 8.42 Å². The Balaban J connectivity index is 2.31. The molecule has 1 saturated heterocycles. The van der Waals surface area contributed by atoms with Gasteiger partial charge in [0.2, 0.25) is 10.0 Å². The van der Waals surface area contributed by atoms with Crippen LogP contribution in [0.4, 0.5) is 0 Å². The van der Waals surface area contributed by atoms with Gasteiger partial charge in [-0.3, -0.25) is 0 Å². The van der Waals surface area contributed by atoms with E-state index >= 15 is 0 Å². The highest BCUT2D eigenvalue weighted by Gasteiger charge is 2.32. The van der Waals surface area contributed by atoms with Crippen LogP contribution in [0.15, 0.2) is 33.6 Å². The molecule has 0 saturated carbocycles. The van der Waals surface area contributed by atoms with Gasteiger partial charge in [0.25, 0.3) is 0 Å². The van der Waals surface area contributed by atoms with Crippen LogP contribution >= 0.6 is 15.9 Å². The topological polar surface area (TPSA) is 46.6 Å². The molecule has 1 aromatic rings. The van der Waals surface area contributed by atoms with E-state index < -0.39 is 10.0 Å². The van der Waals surface area contributed by atoms with Crippen LogP contribution in [0.2, 0.25) is 0 Å². The second-order valence-electron chi connectivity index (χ2n) is 4.54. The summed E-state index contributed by atoms with van der Waals surface area (Å²) in [6.45, 7) is 4.58. The zero-order valence-electron chi connectivity index (χ0n) is 10.3. The molecule has 1 heterocycles. The van der Waals surface area contributed by atoms with Crippen molar-refractivity contribution in [1.82, 2.24) is 4.31 Å². The van der Waals surface area contributed by atoms with Crippen molar-refractivity contribution in [1.29, 1.82) is 0 Å². The van der Waals surface area contributed by atoms with Gasteiger partial charge >= 0.3 is 0 Å². The van der Waals surface area contributed by atoms with Crippen molar-refractivity contribution in [3.05, 3.63) is 28.7 Å². The van der Waals surface area contributed by atoms with Crippen LogP contribution in [0, 0.1) is 0 Å². The van der Waals surface area contributed by atoms with Gasteiger partial charge in [-0.1, -0.05) is 22.0 Å². The van der Waals surface area contributed by atoms with E-state index in [0.29, 0.717) is 18.0 Å². The Bertz CT molecular complexity index is 522. The van der Waals surface area contributed by atoms with E-state index in [1.807, 2.05) is 19.9 Å². The number of rotatable bonds is 2. The van der Waals surface area contributed by atoms with E-state index in [4.69, 9.17) is 4.74 Å². The van der Waals surface area contributed by atoms with Gasteiger partial charge in [-0.25, -0.2) is 8.42 Å². The lowest BCUT2D eigenvalue weighted by Crippen LogP contribution is -2.48. The van der Waals surface area contributed by atoms with Crippen LogP contribution < -0.4 is 0 Å². The molecule has 0 N–H and O–H groups in total. The molecular weight excluding hydrogens is 318 g/mol. The summed E-state index contributed by atoms with van der Waals surface area (Å²) in [4.78, 5) is 0.318. The quantitative estimate of drug-likeness (QED) is 0.833. The second-order valence-corrected chi connectivity index (χ2v) is 7.39. The molecule has 100 valence electrons. The van der Waals surface area contributed by atoms with Gasteiger partial charge in [-0.15, -0.1) is 0 Å². The molecule has 6 heteroatoms. The lowest BCUT2D eigenvalue weighted by atomic mass is 10.3. The van der Waals surface area contributed by atoms with Crippen molar-refractivity contribution in [2.24, 2.45) is 0 Å². The molecule has 4 nitrogen and oxygen atoms in total. The molecule has 0 spiro atoms. The molecule has 0 bridgehead atoms. The molecule has 0 aromatic heterocycles. The third-order valence-corrected chi connectivity index (χ3v) is 5.14. The fraction of sp³-hybridized carbons (Fsp3) is 0.500. The monoisotopic (exact) mass is 333 g/mol. The summed E-state index contributed by atoms with van der Waals surface area (Å²) < 4.78 is 32.8. The second kappa shape index (κ2) is 5.28. The van der Waals surface area contributed by atoms with E-state index in [0.717, 1.165) is 4.47 Å². The summed E-state index contributed by atoms with van der Waals surface area (Å²) in [5, 5.41) is 0. The lowest BCUT2D eigenvalue weighted by molar-refractivity contribution is -0.0440. The van der Waals surface area contributed by atoms with E-state index in [1.54, 1.807) is 18.2 Å². The lowest BCUT2D eigenvalue weighted by Gasteiger charge is -2.34. The standard InChI is InChI=1S/C12H16BrNO3S/c1-9-7-14(8-10(2)17-9)18(15,16)12-5-3-4-11(13)6-12/h3-6,9-10H,7-8H2,1-2H3/t9-,10+. The van der Waals surface area contributed by atoms with E-state index in [2.05, 4.69) is 15.9 Å². The fourth-order valence-electron chi connectivity index (χ4n) is 2.10. The van der Waals surface area contributed by atoms with Crippen molar-refractivity contribution in [2.45, 2.75) is 31.0 Å². The number of hydrogen-bond donors (Lipinski definition) is 0. The number of sulfonamides is 1. The maximum atomic E-state index is 12.5. The van der Waals surface area contributed by atoms with Crippen LogP contribution in [-0.4, -0.2) is 38.0 Å². The summed E-state index contributed by atoms with van der Waals surface area (Å²) in [6.07, 6.45) is -0.147. The molecular formula is C12H16BrNO3S. The number of morpholine rings is 1. The van der Waals surface area contributed by atoms with Gasteiger partial charge in [0.15, 0.2) is 0 Å². The Kier molecular flexibility index (Phi) is 4.11. The largest absolute Gasteiger partial charge is 0.373 e. The van der Waals surface area contributed by atoms with Gasteiger partial charge in [-0.05, 0) is 32.0 Å². The predicted octanol–water partition coefficient (Wildman–Crippen LogP) is 2.25. The molecule has 1 fully saturated rings. The zero-order valence-corrected chi connectivity index (χ0v) is 12.7. The Hall–Kier alpha value is -0.430. The highest BCUT2D eigenvalue weighted by Crippen LogP contribution is 2.23. The molecule has 1 aromatic carbocycles. The van der Waals surface area contributed by atoms with Crippen LogP contribution in [0.25, 0.3) is 0 Å². The average Bonchev–Trinajstić information content (AvgIpc) is 2.27. The van der Waals surface area contributed by atoms with Crippen molar-refractivity contribution >= 4 is 26.0 Å². The van der Waals surface area contributed by atoms with E-state index in [1.165, 1.54) is 4.31 Å². The SMILES string of the molecule is C[C@@H]1CN(S(=O)(=O)c2cccc(Br)c2)C[C@H](C)O1. The van der Waals surface area contributed by atoms with Gasteiger partial charge in [0.05, 0.1) is 17.1 Å². The predicted molar refractivity (Wildman–Crippen MR) is 72.9 cm³/mol. The van der Waals surface area contributed by atoms with Crippen LogP contribution in [-0.2, 0) is 14.8 Å². The van der Waals surface area contributed by atoms with Gasteiger partial charge in [0, 0.05) is 17.6 Å². The van der Waals surface area contributed by atoms with Crippen LogP contribution in [0.5, 0.6) is 0 Å². The first-order chi connectivity index (χ1) is 8.39. The number of nitrogens with zero attached hydrogens (tertiary/aromatic N) is 1. The van der Waals surface area contributed by atoms with Gasteiger partial charge in [-0.2, -0.15) is 4.31 Å². The van der Waals surface area contributed by atoms with Crippen molar-refractivity contribution < 1.29 is 13.2 Å². The fourth-order valence-corrected chi connectivity index (χ4v) is 4.29. The molecule has 0 aliphatic carbocycles. The van der Waals surface area contributed by atoms with Crippen molar-refractivity contribution in [3.8, 4) is 0 Å². The zero-order chi connectivity index (χ0) is 13.3. The Morgan fingerprint density at radius 1 is 1.28 bits per heavy atom. The number of hydrogen-bond acceptors (Lipinski definition) is 3. The molecule has 18 heavy (non-hydrogen) atoms. The van der Waals surface area contributed by atoms with Crippen LogP contribution in [0.3, 0.4) is 0 Å². The summed E-state index contributed by atoms with van der Waals surface area (Å²) >= 11 is 3.29. The normalized spacial score (nSPS) is 26.2. The first-order valence-corrected chi connectivity index (χ1v) is 8.04. The maximum Gasteiger partial charge on any atom is 0.243 e. The molecule has 2 atom stereocenters. The number of benzene rings is 1. The number of ether oxygens (including phenoxy) is 1. The van der Waals surface area contributed by atoms with Gasteiger partial charge in [0.1, 0.15) is 0 Å². The minimum absolute atomic E-state index is 0.0734. The third-order valence-electron chi connectivity index (χ3n) is 2.82. The average molecular weight is 334 g/mol. The van der Waals surface area contributed by atoms with Crippen molar-refractivity contribution in [2.75, 3.05) is 13.1 Å². The molecule has 2 rings (SSSR count). The Morgan fingerprint density at radius 2 is 1.89 bits per heavy atom. The first kappa shape index (κ1) is 14.0. The molecule has 0 radical (unpaired) electrons. The maximum absolute atomic E-state index is 12.5. The minimum atomic E-state index is -3.43. The smallest absolute Gasteiger partial charge is 0.243 e. The molecule has 1 aliphatic heterocycles. The van der Waals surface area contributed by atoms with Crippen LogP contribution in [0.1, 0.15) is 13.8 Å².